The smallest absolute Gasteiger partial charge is 0.270 e. The maximum atomic E-state index is 12.2. The van der Waals surface area contributed by atoms with Gasteiger partial charge in [0.2, 0.25) is 0 Å². The van der Waals surface area contributed by atoms with Crippen molar-refractivity contribution in [3.05, 3.63) is 82.4 Å². The molecular formula is C22H17N3O4S. The fourth-order valence-corrected chi connectivity index (χ4v) is 3.79. The standard InChI is InChI=1S/C22H17N3O4S/c1-14-2-4-15(5-3-14)16-6-9-18(10-7-16)29-13-21(26)24-22-23-19-11-8-17(25(27)28)12-20(19)30-22/h2-12H,13H2,1H3,(H,23,24,26). The van der Waals surface area contributed by atoms with Crippen molar-refractivity contribution in [2.45, 2.75) is 6.92 Å². The Bertz CT molecular complexity index is 1220. The second-order valence-corrected chi connectivity index (χ2v) is 7.69. The van der Waals surface area contributed by atoms with Gasteiger partial charge in [-0.3, -0.25) is 20.2 Å². The highest BCUT2D eigenvalue weighted by atomic mass is 32.1. The van der Waals surface area contributed by atoms with Gasteiger partial charge in [-0.15, -0.1) is 0 Å². The van der Waals surface area contributed by atoms with Gasteiger partial charge in [0, 0.05) is 12.1 Å². The van der Waals surface area contributed by atoms with Gasteiger partial charge in [0.25, 0.3) is 11.6 Å². The van der Waals surface area contributed by atoms with E-state index in [1.165, 1.54) is 29.0 Å². The molecule has 0 aliphatic heterocycles. The van der Waals surface area contributed by atoms with Gasteiger partial charge >= 0.3 is 0 Å². The molecule has 0 radical (unpaired) electrons. The molecular weight excluding hydrogens is 402 g/mol. The molecule has 0 bridgehead atoms. The van der Waals surface area contributed by atoms with Gasteiger partial charge in [0.1, 0.15) is 5.75 Å². The summed E-state index contributed by atoms with van der Waals surface area (Å²) < 4.78 is 6.18. The van der Waals surface area contributed by atoms with Crippen molar-refractivity contribution in [1.29, 1.82) is 0 Å². The van der Waals surface area contributed by atoms with Crippen molar-refractivity contribution in [2.24, 2.45) is 0 Å². The molecule has 4 rings (SSSR count). The predicted molar refractivity (Wildman–Crippen MR) is 117 cm³/mol. The van der Waals surface area contributed by atoms with Crippen molar-refractivity contribution in [3.8, 4) is 16.9 Å². The lowest BCUT2D eigenvalue weighted by molar-refractivity contribution is -0.384. The van der Waals surface area contributed by atoms with Gasteiger partial charge in [0.05, 0.1) is 15.1 Å². The first-order valence-electron chi connectivity index (χ1n) is 9.13. The summed E-state index contributed by atoms with van der Waals surface area (Å²) in [6.45, 7) is 1.88. The zero-order chi connectivity index (χ0) is 21.1. The molecule has 7 nitrogen and oxygen atoms in total. The Hall–Kier alpha value is -3.78. The molecule has 0 unspecified atom stereocenters. The summed E-state index contributed by atoms with van der Waals surface area (Å²) in [5, 5.41) is 13.9. The van der Waals surface area contributed by atoms with Gasteiger partial charge in [-0.05, 0) is 36.2 Å². The zero-order valence-electron chi connectivity index (χ0n) is 16.0. The van der Waals surface area contributed by atoms with Crippen LogP contribution in [0.4, 0.5) is 10.8 Å². The van der Waals surface area contributed by atoms with Crippen LogP contribution in [0.15, 0.2) is 66.7 Å². The molecule has 1 N–H and O–H groups in total. The van der Waals surface area contributed by atoms with Gasteiger partial charge in [-0.2, -0.15) is 0 Å². The van der Waals surface area contributed by atoms with E-state index in [0.29, 0.717) is 21.1 Å². The lowest BCUT2D eigenvalue weighted by Gasteiger charge is -2.07. The number of nitro groups is 1. The quantitative estimate of drug-likeness (QED) is 0.342. The van der Waals surface area contributed by atoms with Crippen molar-refractivity contribution >= 4 is 38.3 Å². The summed E-state index contributed by atoms with van der Waals surface area (Å²) in [4.78, 5) is 26.9. The number of rotatable bonds is 6. The first-order chi connectivity index (χ1) is 14.5. The number of nitro benzene ring substituents is 1. The number of aryl methyl sites for hydroxylation is 1. The van der Waals surface area contributed by atoms with Crippen LogP contribution >= 0.6 is 11.3 Å². The van der Waals surface area contributed by atoms with Gasteiger partial charge in [-0.25, -0.2) is 4.98 Å². The second-order valence-electron chi connectivity index (χ2n) is 6.66. The third kappa shape index (κ3) is 4.44. The van der Waals surface area contributed by atoms with Crippen molar-refractivity contribution < 1.29 is 14.5 Å². The molecule has 1 aromatic heterocycles. The molecule has 0 spiro atoms. The number of hydrogen-bond donors (Lipinski definition) is 1. The minimum atomic E-state index is -0.463. The first kappa shape index (κ1) is 19.5. The van der Waals surface area contributed by atoms with Crippen molar-refractivity contribution in [1.82, 2.24) is 4.98 Å². The number of carbonyl (C=O) groups is 1. The predicted octanol–water partition coefficient (Wildman–Crippen LogP) is 5.20. The second kappa shape index (κ2) is 8.30. The average molecular weight is 419 g/mol. The van der Waals surface area contributed by atoms with E-state index >= 15 is 0 Å². The summed E-state index contributed by atoms with van der Waals surface area (Å²) in [6, 6.07) is 20.2. The van der Waals surface area contributed by atoms with E-state index in [9.17, 15) is 14.9 Å². The Balaban J connectivity index is 1.36. The fraction of sp³-hybridized carbons (Fsp3) is 0.0909. The van der Waals surface area contributed by atoms with Crippen LogP contribution < -0.4 is 10.1 Å². The van der Waals surface area contributed by atoms with Crippen LogP contribution in [0.2, 0.25) is 0 Å². The monoisotopic (exact) mass is 419 g/mol. The van der Waals surface area contributed by atoms with E-state index in [2.05, 4.69) is 34.6 Å². The summed E-state index contributed by atoms with van der Waals surface area (Å²) >= 11 is 1.18. The van der Waals surface area contributed by atoms with Crippen molar-refractivity contribution in [2.75, 3.05) is 11.9 Å². The number of anilines is 1. The minimum absolute atomic E-state index is 0.0126. The summed E-state index contributed by atoms with van der Waals surface area (Å²) in [6.07, 6.45) is 0. The van der Waals surface area contributed by atoms with Gasteiger partial charge in [-0.1, -0.05) is 53.3 Å². The zero-order valence-corrected chi connectivity index (χ0v) is 16.8. The number of thiazole rings is 1. The van der Waals surface area contributed by atoms with Crippen LogP contribution in [0.3, 0.4) is 0 Å². The molecule has 150 valence electrons. The molecule has 0 aliphatic rings. The van der Waals surface area contributed by atoms with Gasteiger partial charge < -0.3 is 4.74 Å². The SMILES string of the molecule is Cc1ccc(-c2ccc(OCC(=O)Nc3nc4ccc([N+](=O)[O-])cc4s3)cc2)cc1. The summed E-state index contributed by atoms with van der Waals surface area (Å²) in [7, 11) is 0. The van der Waals surface area contributed by atoms with Crippen LogP contribution in [0, 0.1) is 17.0 Å². The van der Waals surface area contributed by atoms with Crippen LogP contribution in [-0.2, 0) is 4.79 Å². The van der Waals surface area contributed by atoms with E-state index in [1.54, 1.807) is 6.07 Å². The number of amides is 1. The lowest BCUT2D eigenvalue weighted by atomic mass is 10.0. The Morgan fingerprint density at radius 3 is 2.40 bits per heavy atom. The third-order valence-corrected chi connectivity index (χ3v) is 5.37. The van der Waals surface area contributed by atoms with E-state index in [0.717, 1.165) is 11.1 Å². The maximum absolute atomic E-state index is 12.2. The maximum Gasteiger partial charge on any atom is 0.270 e. The summed E-state index contributed by atoms with van der Waals surface area (Å²) in [5.74, 6) is 0.229. The average Bonchev–Trinajstić information content (AvgIpc) is 3.14. The number of hydrogen-bond acceptors (Lipinski definition) is 6. The van der Waals surface area contributed by atoms with E-state index < -0.39 is 4.92 Å². The van der Waals surface area contributed by atoms with Crippen LogP contribution in [0.25, 0.3) is 21.3 Å². The molecule has 1 heterocycles. The molecule has 0 aliphatic carbocycles. The molecule has 8 heteroatoms. The molecule has 1 amide bonds. The van der Waals surface area contributed by atoms with Crippen LogP contribution in [0.1, 0.15) is 5.56 Å². The molecule has 30 heavy (non-hydrogen) atoms. The normalized spacial score (nSPS) is 10.7. The molecule has 3 aromatic carbocycles. The van der Waals surface area contributed by atoms with Crippen LogP contribution in [0.5, 0.6) is 5.75 Å². The number of nitrogens with zero attached hydrogens (tertiary/aromatic N) is 2. The van der Waals surface area contributed by atoms with Gasteiger partial charge in [0.15, 0.2) is 11.7 Å². The number of non-ortho nitro benzene ring substituents is 1. The Morgan fingerprint density at radius 1 is 1.07 bits per heavy atom. The fourth-order valence-electron chi connectivity index (χ4n) is 2.87. The van der Waals surface area contributed by atoms with E-state index in [-0.39, 0.29) is 18.2 Å². The molecule has 0 atom stereocenters. The lowest BCUT2D eigenvalue weighted by Crippen LogP contribution is -2.19. The van der Waals surface area contributed by atoms with E-state index in [4.69, 9.17) is 4.74 Å². The van der Waals surface area contributed by atoms with E-state index in [1.807, 2.05) is 31.2 Å². The highest BCUT2D eigenvalue weighted by molar-refractivity contribution is 7.22. The van der Waals surface area contributed by atoms with Crippen molar-refractivity contribution in [3.63, 3.8) is 0 Å². The highest BCUT2D eigenvalue weighted by Crippen LogP contribution is 2.29. The largest absolute Gasteiger partial charge is 0.484 e. The Labute approximate surface area is 176 Å². The summed E-state index contributed by atoms with van der Waals surface area (Å²) in [5.41, 5.74) is 3.96. The number of benzene rings is 3. The number of aromatic nitrogens is 1. The molecule has 0 fully saturated rings. The topological polar surface area (TPSA) is 94.4 Å². The number of fused-ring (bicyclic) bond motifs is 1. The van der Waals surface area contributed by atoms with Crippen LogP contribution in [-0.4, -0.2) is 22.4 Å². The number of carbonyl (C=O) groups excluding carboxylic acids is 1. The Morgan fingerprint density at radius 2 is 1.73 bits per heavy atom. The molecule has 0 saturated heterocycles. The number of ether oxygens (including phenoxy) is 1. The number of nitrogens with one attached hydrogen (secondary N) is 1. The first-order valence-corrected chi connectivity index (χ1v) is 9.94. The molecule has 4 aromatic rings. The third-order valence-electron chi connectivity index (χ3n) is 4.44. The minimum Gasteiger partial charge on any atom is -0.484 e. The highest BCUT2D eigenvalue weighted by Gasteiger charge is 2.12. The Kier molecular flexibility index (Phi) is 5.40. The molecule has 0 saturated carbocycles.